The number of benzene rings is 1. The molecule has 0 radical (unpaired) electrons. The van der Waals surface area contributed by atoms with E-state index in [2.05, 4.69) is 0 Å². The molecule has 1 aromatic rings. The van der Waals surface area contributed by atoms with E-state index in [0.29, 0.717) is 5.56 Å². The van der Waals surface area contributed by atoms with E-state index in [-0.39, 0.29) is 19.5 Å². The summed E-state index contributed by atoms with van der Waals surface area (Å²) in [6, 6.07) is 3.92. The van der Waals surface area contributed by atoms with Gasteiger partial charge >= 0.3 is 12.1 Å². The molecule has 1 fully saturated rings. The molecule has 0 aromatic heterocycles. The van der Waals surface area contributed by atoms with Crippen molar-refractivity contribution in [2.75, 3.05) is 6.54 Å². The van der Waals surface area contributed by atoms with E-state index in [4.69, 9.17) is 5.11 Å². The van der Waals surface area contributed by atoms with E-state index in [1.807, 2.05) is 0 Å². The first-order valence-electron chi connectivity index (χ1n) is 6.08. The first-order chi connectivity index (χ1) is 9.27. The summed E-state index contributed by atoms with van der Waals surface area (Å²) in [6.07, 6.45) is -5.09. The van der Waals surface area contributed by atoms with Crippen LogP contribution in [0.3, 0.4) is 0 Å². The lowest BCUT2D eigenvalue weighted by atomic mass is 10.1. The lowest BCUT2D eigenvalue weighted by molar-refractivity contribution is -0.142. The molecule has 0 amide bonds. The van der Waals surface area contributed by atoms with Crippen molar-refractivity contribution in [3.63, 3.8) is 0 Å². The molecule has 0 spiro atoms. The molecule has 20 heavy (non-hydrogen) atoms. The van der Waals surface area contributed by atoms with Crippen LogP contribution < -0.4 is 0 Å². The number of carboxylic acids is 1. The second kappa shape index (κ2) is 5.41. The minimum Gasteiger partial charge on any atom is -0.480 e. The molecule has 0 bridgehead atoms. The fraction of sp³-hybridized carbons (Fsp3) is 0.462. The molecular weight excluding hydrogens is 275 g/mol. The Bertz CT molecular complexity index is 504. The normalized spacial score (nSPS) is 24.0. The van der Waals surface area contributed by atoms with E-state index in [9.17, 15) is 23.1 Å². The van der Waals surface area contributed by atoms with Crippen molar-refractivity contribution >= 4 is 5.97 Å². The quantitative estimate of drug-likeness (QED) is 0.889. The van der Waals surface area contributed by atoms with Crippen molar-refractivity contribution in [2.24, 2.45) is 0 Å². The van der Waals surface area contributed by atoms with Gasteiger partial charge in [0.05, 0.1) is 11.7 Å². The molecule has 2 atom stereocenters. The average molecular weight is 289 g/mol. The molecule has 110 valence electrons. The van der Waals surface area contributed by atoms with Crippen LogP contribution in [-0.2, 0) is 17.5 Å². The summed E-state index contributed by atoms with van der Waals surface area (Å²) in [7, 11) is 0. The Hall–Kier alpha value is -1.60. The Morgan fingerprint density at radius 3 is 2.70 bits per heavy atom. The maximum Gasteiger partial charge on any atom is 0.416 e. The smallest absolute Gasteiger partial charge is 0.416 e. The number of β-amino-alcohol motifs (C(OH)–C–C–N with tert-alkyl or cyclic N) is 1. The summed E-state index contributed by atoms with van der Waals surface area (Å²) in [5, 5.41) is 18.5. The van der Waals surface area contributed by atoms with Crippen molar-refractivity contribution < 1.29 is 28.2 Å². The highest BCUT2D eigenvalue weighted by Gasteiger charge is 2.36. The average Bonchev–Trinajstić information content (AvgIpc) is 2.69. The summed E-state index contributed by atoms with van der Waals surface area (Å²) in [5.74, 6) is -1.08. The predicted molar refractivity (Wildman–Crippen MR) is 63.9 cm³/mol. The third-order valence-corrected chi connectivity index (χ3v) is 3.31. The fourth-order valence-electron chi connectivity index (χ4n) is 2.39. The van der Waals surface area contributed by atoms with Gasteiger partial charge in [-0.05, 0) is 11.6 Å². The van der Waals surface area contributed by atoms with E-state index in [0.717, 1.165) is 12.1 Å². The van der Waals surface area contributed by atoms with E-state index in [1.54, 1.807) is 0 Å². The molecule has 4 nitrogen and oxygen atoms in total. The molecule has 1 aliphatic rings. The topological polar surface area (TPSA) is 60.8 Å². The van der Waals surface area contributed by atoms with E-state index >= 15 is 0 Å². The van der Waals surface area contributed by atoms with Crippen LogP contribution in [0.15, 0.2) is 24.3 Å². The Morgan fingerprint density at radius 1 is 1.40 bits per heavy atom. The lowest BCUT2D eigenvalue weighted by Crippen LogP contribution is -2.35. The van der Waals surface area contributed by atoms with Crippen LogP contribution in [0.1, 0.15) is 17.5 Å². The number of halogens is 3. The number of aliphatic hydroxyl groups excluding tert-OH is 1. The molecule has 1 aliphatic heterocycles. The van der Waals surface area contributed by atoms with Crippen LogP contribution in [0.2, 0.25) is 0 Å². The number of hydrogen-bond acceptors (Lipinski definition) is 3. The Morgan fingerprint density at radius 2 is 2.10 bits per heavy atom. The van der Waals surface area contributed by atoms with Gasteiger partial charge in [0, 0.05) is 19.5 Å². The lowest BCUT2D eigenvalue weighted by Gasteiger charge is -2.21. The summed E-state index contributed by atoms with van der Waals surface area (Å²) in [5.41, 5.74) is -0.387. The standard InChI is InChI=1S/C13H14F3NO3/c14-13(15,16)9-3-1-2-8(4-9)6-17-7-10(18)5-11(17)12(19)20/h1-4,10-11,18H,5-7H2,(H,19,20). The molecule has 2 unspecified atom stereocenters. The highest BCUT2D eigenvalue weighted by atomic mass is 19.4. The van der Waals surface area contributed by atoms with Crippen molar-refractivity contribution in [2.45, 2.75) is 31.3 Å². The Balaban J connectivity index is 2.15. The number of carbonyl (C=O) groups is 1. The second-order valence-electron chi connectivity index (χ2n) is 4.87. The van der Waals surface area contributed by atoms with Gasteiger partial charge in [-0.15, -0.1) is 0 Å². The molecule has 0 saturated carbocycles. The van der Waals surface area contributed by atoms with Gasteiger partial charge < -0.3 is 10.2 Å². The van der Waals surface area contributed by atoms with Crippen LogP contribution in [0.25, 0.3) is 0 Å². The zero-order valence-electron chi connectivity index (χ0n) is 10.5. The molecule has 1 aromatic carbocycles. The molecule has 0 aliphatic carbocycles. The van der Waals surface area contributed by atoms with Crippen molar-refractivity contribution in [3.8, 4) is 0 Å². The Labute approximate surface area is 113 Å². The SMILES string of the molecule is O=C(O)C1CC(O)CN1Cc1cccc(C(F)(F)F)c1. The van der Waals surface area contributed by atoms with Gasteiger partial charge in [0.1, 0.15) is 6.04 Å². The minimum atomic E-state index is -4.42. The van der Waals surface area contributed by atoms with Crippen molar-refractivity contribution in [1.29, 1.82) is 0 Å². The number of hydrogen-bond donors (Lipinski definition) is 2. The van der Waals surface area contributed by atoms with Gasteiger partial charge in [-0.25, -0.2) is 0 Å². The molecule has 1 saturated heterocycles. The minimum absolute atomic E-state index is 0.0674. The van der Waals surface area contributed by atoms with Gasteiger partial charge in [0.2, 0.25) is 0 Å². The van der Waals surface area contributed by atoms with Crippen LogP contribution in [0.5, 0.6) is 0 Å². The van der Waals surface area contributed by atoms with Gasteiger partial charge in [-0.3, -0.25) is 9.69 Å². The molecule has 2 rings (SSSR count). The van der Waals surface area contributed by atoms with Crippen molar-refractivity contribution in [1.82, 2.24) is 4.90 Å². The largest absolute Gasteiger partial charge is 0.480 e. The first kappa shape index (κ1) is 14.8. The van der Waals surface area contributed by atoms with Crippen molar-refractivity contribution in [3.05, 3.63) is 35.4 Å². The Kier molecular flexibility index (Phi) is 4.01. The van der Waals surface area contributed by atoms with E-state index < -0.39 is 29.9 Å². The number of rotatable bonds is 3. The number of nitrogens with zero attached hydrogens (tertiary/aromatic N) is 1. The summed E-state index contributed by atoms with van der Waals surface area (Å²) >= 11 is 0. The van der Waals surface area contributed by atoms with Crippen LogP contribution in [-0.4, -0.2) is 39.8 Å². The second-order valence-corrected chi connectivity index (χ2v) is 4.87. The molecular formula is C13H14F3NO3. The van der Waals surface area contributed by atoms with E-state index in [1.165, 1.54) is 17.0 Å². The summed E-state index contributed by atoms with van der Waals surface area (Å²) in [4.78, 5) is 12.5. The van der Waals surface area contributed by atoms with Gasteiger partial charge in [0.15, 0.2) is 0 Å². The van der Waals surface area contributed by atoms with Gasteiger partial charge in [-0.1, -0.05) is 18.2 Å². The molecule has 7 heteroatoms. The monoisotopic (exact) mass is 289 g/mol. The predicted octanol–water partition coefficient (Wildman–Crippen LogP) is 1.73. The number of alkyl halides is 3. The maximum atomic E-state index is 12.6. The zero-order valence-corrected chi connectivity index (χ0v) is 10.5. The highest BCUT2D eigenvalue weighted by Crippen LogP contribution is 2.30. The molecule has 1 heterocycles. The van der Waals surface area contributed by atoms with Gasteiger partial charge in [-0.2, -0.15) is 13.2 Å². The summed E-state index contributed by atoms with van der Waals surface area (Å²) in [6.45, 7) is 0.213. The summed E-state index contributed by atoms with van der Waals surface area (Å²) < 4.78 is 37.8. The third kappa shape index (κ3) is 3.29. The van der Waals surface area contributed by atoms with Gasteiger partial charge in [0.25, 0.3) is 0 Å². The van der Waals surface area contributed by atoms with Crippen LogP contribution in [0, 0.1) is 0 Å². The highest BCUT2D eigenvalue weighted by molar-refractivity contribution is 5.74. The van der Waals surface area contributed by atoms with Crippen LogP contribution >= 0.6 is 0 Å². The number of carboxylic acid groups (broad SMARTS) is 1. The fourth-order valence-corrected chi connectivity index (χ4v) is 2.39. The maximum absolute atomic E-state index is 12.6. The number of aliphatic carboxylic acids is 1. The van der Waals surface area contributed by atoms with Crippen LogP contribution in [0.4, 0.5) is 13.2 Å². The number of likely N-dealkylation sites (tertiary alicyclic amines) is 1. The zero-order chi connectivity index (χ0) is 14.9. The third-order valence-electron chi connectivity index (χ3n) is 3.31. The first-order valence-corrected chi connectivity index (χ1v) is 6.08. The molecule has 2 N–H and O–H groups in total. The number of aliphatic hydroxyl groups is 1.